The molecule has 0 unspecified atom stereocenters. The molecule has 1 fully saturated rings. The van der Waals surface area contributed by atoms with Crippen LogP contribution in [0.4, 0.5) is 13.9 Å². The van der Waals surface area contributed by atoms with Gasteiger partial charge in [0.2, 0.25) is 0 Å². The molecule has 1 saturated heterocycles. The number of aromatic nitrogens is 1. The molecule has 0 N–H and O–H groups in total. The molecule has 2 aromatic carbocycles. The molecular weight excluding hydrogens is 430 g/mol. The summed E-state index contributed by atoms with van der Waals surface area (Å²) in [6.45, 7) is 0.996. The fourth-order valence-electron chi connectivity index (χ4n) is 3.57. The van der Waals surface area contributed by atoms with Crippen LogP contribution in [0.15, 0.2) is 52.7 Å². The predicted octanol–water partition coefficient (Wildman–Crippen LogP) is 4.54. The fraction of sp³-hybridized carbons (Fsp3) is 0.286. The van der Waals surface area contributed by atoms with E-state index in [1.165, 1.54) is 11.3 Å². The van der Waals surface area contributed by atoms with Crippen LogP contribution in [-0.4, -0.2) is 38.9 Å². The second-order valence-corrected chi connectivity index (χ2v) is 10.1. The molecule has 0 atom stereocenters. The van der Waals surface area contributed by atoms with Crippen LogP contribution in [0, 0.1) is 11.6 Å². The second-order valence-electron chi connectivity index (χ2n) is 7.05. The topological polar surface area (TPSA) is 59.5 Å². The van der Waals surface area contributed by atoms with Crippen molar-refractivity contribution >= 4 is 26.3 Å². The Kier molecular flexibility index (Phi) is 5.75. The van der Waals surface area contributed by atoms with E-state index in [1.54, 1.807) is 7.11 Å². The van der Waals surface area contributed by atoms with Gasteiger partial charge in [0.05, 0.1) is 18.1 Å². The molecule has 0 spiro atoms. The Balaban J connectivity index is 1.46. The second kappa shape index (κ2) is 8.31. The summed E-state index contributed by atoms with van der Waals surface area (Å²) in [5.41, 5.74) is 1.78. The molecule has 1 aliphatic rings. The minimum Gasteiger partial charge on any atom is -0.497 e. The van der Waals surface area contributed by atoms with E-state index in [2.05, 4.69) is 4.98 Å². The lowest BCUT2D eigenvalue weighted by molar-refractivity contribution is 0.415. The molecule has 0 amide bonds. The Morgan fingerprint density at radius 1 is 1.13 bits per heavy atom. The molecular formula is C21H20F2N2O3S2. The zero-order valence-corrected chi connectivity index (χ0v) is 17.8. The standard InChI is InChI=1S/C21H20F2N2O3S2/c1-28-16-4-2-3-14(11-16)19-13-29-21(24-19)25-9-7-17(8-10-25)30(26,27)20-6-5-15(22)12-18(20)23/h2-6,11-13,17H,7-10H2,1H3. The lowest BCUT2D eigenvalue weighted by Gasteiger charge is -2.31. The van der Waals surface area contributed by atoms with Crippen LogP contribution in [-0.2, 0) is 9.84 Å². The van der Waals surface area contributed by atoms with Gasteiger partial charge in [-0.3, -0.25) is 0 Å². The first-order chi connectivity index (χ1) is 14.4. The number of anilines is 1. The van der Waals surface area contributed by atoms with E-state index in [4.69, 9.17) is 4.74 Å². The number of thiazole rings is 1. The van der Waals surface area contributed by atoms with Crippen molar-refractivity contribution in [3.05, 3.63) is 59.5 Å². The number of piperidine rings is 1. The lowest BCUT2D eigenvalue weighted by Crippen LogP contribution is -2.39. The van der Waals surface area contributed by atoms with Gasteiger partial charge in [-0.15, -0.1) is 11.3 Å². The van der Waals surface area contributed by atoms with Crippen LogP contribution in [0.1, 0.15) is 12.8 Å². The summed E-state index contributed by atoms with van der Waals surface area (Å²) < 4.78 is 58.0. The largest absolute Gasteiger partial charge is 0.497 e. The minimum absolute atomic E-state index is 0.354. The van der Waals surface area contributed by atoms with Gasteiger partial charge in [-0.05, 0) is 37.1 Å². The summed E-state index contributed by atoms with van der Waals surface area (Å²) in [5.74, 6) is -1.08. The molecule has 5 nitrogen and oxygen atoms in total. The maximum Gasteiger partial charge on any atom is 0.185 e. The molecule has 0 bridgehead atoms. The highest BCUT2D eigenvalue weighted by atomic mass is 32.2. The van der Waals surface area contributed by atoms with E-state index in [1.807, 2.05) is 34.5 Å². The molecule has 2 heterocycles. The molecule has 1 aliphatic heterocycles. The number of hydrogen-bond donors (Lipinski definition) is 0. The van der Waals surface area contributed by atoms with Gasteiger partial charge >= 0.3 is 0 Å². The summed E-state index contributed by atoms with van der Waals surface area (Å²) >= 11 is 1.50. The van der Waals surface area contributed by atoms with Crippen molar-refractivity contribution in [2.24, 2.45) is 0 Å². The van der Waals surface area contributed by atoms with Crippen molar-refractivity contribution < 1.29 is 21.9 Å². The first kappa shape index (κ1) is 20.7. The van der Waals surface area contributed by atoms with Crippen LogP contribution < -0.4 is 9.64 Å². The third kappa shape index (κ3) is 4.04. The SMILES string of the molecule is COc1cccc(-c2csc(N3CCC(S(=O)(=O)c4ccc(F)cc4F)CC3)n2)c1. The molecule has 0 radical (unpaired) electrons. The van der Waals surface area contributed by atoms with E-state index in [-0.39, 0.29) is 0 Å². The quantitative estimate of drug-likeness (QED) is 0.534. The van der Waals surface area contributed by atoms with Crippen LogP contribution in [0.25, 0.3) is 11.3 Å². The van der Waals surface area contributed by atoms with Crippen molar-refractivity contribution in [1.82, 2.24) is 4.98 Å². The van der Waals surface area contributed by atoms with Crippen LogP contribution >= 0.6 is 11.3 Å². The third-order valence-electron chi connectivity index (χ3n) is 5.21. The Labute approximate surface area is 177 Å². The van der Waals surface area contributed by atoms with Gasteiger partial charge in [-0.1, -0.05) is 12.1 Å². The molecule has 1 aromatic heterocycles. The van der Waals surface area contributed by atoms with E-state index in [0.29, 0.717) is 32.0 Å². The van der Waals surface area contributed by atoms with Gasteiger partial charge in [-0.25, -0.2) is 22.2 Å². The number of rotatable bonds is 5. The summed E-state index contributed by atoms with van der Waals surface area (Å²) in [7, 11) is -2.25. The van der Waals surface area contributed by atoms with E-state index >= 15 is 0 Å². The maximum atomic E-state index is 14.0. The summed E-state index contributed by atoms with van der Waals surface area (Å²) in [5, 5.41) is 2.07. The predicted molar refractivity (Wildman–Crippen MR) is 113 cm³/mol. The Morgan fingerprint density at radius 2 is 1.90 bits per heavy atom. The Hall–Kier alpha value is -2.52. The highest BCUT2D eigenvalue weighted by Crippen LogP contribution is 2.33. The van der Waals surface area contributed by atoms with Crippen LogP contribution in [0.2, 0.25) is 0 Å². The zero-order chi connectivity index (χ0) is 21.3. The maximum absolute atomic E-state index is 14.0. The van der Waals surface area contributed by atoms with Crippen molar-refractivity contribution in [2.45, 2.75) is 23.0 Å². The molecule has 0 aliphatic carbocycles. The number of hydrogen-bond acceptors (Lipinski definition) is 6. The van der Waals surface area contributed by atoms with Crippen molar-refractivity contribution in [3.8, 4) is 17.0 Å². The van der Waals surface area contributed by atoms with Crippen LogP contribution in [0.3, 0.4) is 0 Å². The smallest absolute Gasteiger partial charge is 0.185 e. The van der Waals surface area contributed by atoms with Crippen molar-refractivity contribution in [2.75, 3.05) is 25.1 Å². The van der Waals surface area contributed by atoms with Crippen molar-refractivity contribution in [1.29, 1.82) is 0 Å². The van der Waals surface area contributed by atoms with Gasteiger partial charge in [0.25, 0.3) is 0 Å². The van der Waals surface area contributed by atoms with Gasteiger partial charge in [0, 0.05) is 30.1 Å². The molecule has 0 saturated carbocycles. The highest BCUT2D eigenvalue weighted by molar-refractivity contribution is 7.92. The zero-order valence-electron chi connectivity index (χ0n) is 16.2. The van der Waals surface area contributed by atoms with Gasteiger partial charge < -0.3 is 9.64 Å². The average molecular weight is 451 g/mol. The first-order valence-corrected chi connectivity index (χ1v) is 11.8. The van der Waals surface area contributed by atoms with Crippen molar-refractivity contribution in [3.63, 3.8) is 0 Å². The number of ether oxygens (including phenoxy) is 1. The Morgan fingerprint density at radius 3 is 2.60 bits per heavy atom. The Bertz CT molecular complexity index is 1160. The van der Waals surface area contributed by atoms with E-state index < -0.39 is 31.6 Å². The van der Waals surface area contributed by atoms with Gasteiger partial charge in [-0.2, -0.15) is 0 Å². The summed E-state index contributed by atoms with van der Waals surface area (Å²) in [6, 6.07) is 10.2. The summed E-state index contributed by atoms with van der Waals surface area (Å²) in [4.78, 5) is 6.30. The molecule has 30 heavy (non-hydrogen) atoms. The third-order valence-corrected chi connectivity index (χ3v) is 8.40. The molecule has 3 aromatic rings. The van der Waals surface area contributed by atoms with E-state index in [0.717, 1.165) is 34.3 Å². The fourth-order valence-corrected chi connectivity index (χ4v) is 6.23. The summed E-state index contributed by atoms with van der Waals surface area (Å²) in [6.07, 6.45) is 0.709. The van der Waals surface area contributed by atoms with Gasteiger partial charge in [0.1, 0.15) is 22.3 Å². The monoisotopic (exact) mass is 450 g/mol. The number of halogens is 2. The highest BCUT2D eigenvalue weighted by Gasteiger charge is 2.34. The molecule has 158 valence electrons. The lowest BCUT2D eigenvalue weighted by atomic mass is 10.1. The van der Waals surface area contributed by atoms with Gasteiger partial charge in [0.15, 0.2) is 15.0 Å². The van der Waals surface area contributed by atoms with Crippen LogP contribution in [0.5, 0.6) is 5.75 Å². The number of sulfone groups is 1. The average Bonchev–Trinajstić information content (AvgIpc) is 3.24. The number of benzene rings is 2. The minimum atomic E-state index is -3.86. The normalized spacial score (nSPS) is 15.4. The van der Waals surface area contributed by atoms with E-state index in [9.17, 15) is 17.2 Å². The number of nitrogens with zero attached hydrogens (tertiary/aromatic N) is 2. The molecule has 4 rings (SSSR count). The number of methoxy groups -OCH3 is 1. The first-order valence-electron chi connectivity index (χ1n) is 9.42. The molecule has 9 heteroatoms.